The summed E-state index contributed by atoms with van der Waals surface area (Å²) in [7, 11) is 0. The number of amides is 1. The zero-order valence-electron chi connectivity index (χ0n) is 9.01. The van der Waals surface area contributed by atoms with Crippen molar-refractivity contribution in [1.82, 2.24) is 0 Å². The van der Waals surface area contributed by atoms with Crippen LogP contribution in [0.1, 0.15) is 12.0 Å². The van der Waals surface area contributed by atoms with Gasteiger partial charge < -0.3 is 10.0 Å². The summed E-state index contributed by atoms with van der Waals surface area (Å²) in [5.41, 5.74) is 1.80. The van der Waals surface area contributed by atoms with E-state index in [0.717, 1.165) is 11.3 Å². The van der Waals surface area contributed by atoms with Gasteiger partial charge in [-0.05, 0) is 25.0 Å². The third kappa shape index (κ3) is 1.66. The standard InChI is InChI=1S/C12H13NO3/c1-8-4-2-3-5-10(8)13-7-6-9(11(13)14)12(15)16/h2-5,9H,6-7H2,1H3,(H,15,16)/t9-/m1/s1. The van der Waals surface area contributed by atoms with E-state index in [2.05, 4.69) is 0 Å². The number of carbonyl (C=O) groups excluding carboxylic acids is 1. The molecular weight excluding hydrogens is 206 g/mol. The fourth-order valence-electron chi connectivity index (χ4n) is 2.01. The normalized spacial score (nSPS) is 20.2. The molecule has 0 unspecified atom stereocenters. The van der Waals surface area contributed by atoms with E-state index < -0.39 is 11.9 Å². The SMILES string of the molecule is Cc1ccccc1N1CC[C@@H](C(=O)O)C1=O. The molecule has 84 valence electrons. The number of nitrogens with zero attached hydrogens (tertiary/aromatic N) is 1. The van der Waals surface area contributed by atoms with Crippen molar-refractivity contribution in [2.24, 2.45) is 5.92 Å². The Labute approximate surface area is 93.5 Å². The zero-order chi connectivity index (χ0) is 11.7. The Balaban J connectivity index is 2.29. The van der Waals surface area contributed by atoms with Gasteiger partial charge in [-0.25, -0.2) is 0 Å². The lowest BCUT2D eigenvalue weighted by Gasteiger charge is -2.18. The molecule has 4 heteroatoms. The second kappa shape index (κ2) is 3.96. The molecule has 0 saturated carbocycles. The average molecular weight is 219 g/mol. The van der Waals surface area contributed by atoms with E-state index >= 15 is 0 Å². The van der Waals surface area contributed by atoms with Crippen LogP contribution in [0.15, 0.2) is 24.3 Å². The molecule has 1 aromatic rings. The summed E-state index contributed by atoms with van der Waals surface area (Å²) in [5.74, 6) is -2.21. The molecule has 0 bridgehead atoms. The lowest BCUT2D eigenvalue weighted by molar-refractivity contribution is -0.144. The number of para-hydroxylation sites is 1. The van der Waals surface area contributed by atoms with Crippen molar-refractivity contribution in [1.29, 1.82) is 0 Å². The lowest BCUT2D eigenvalue weighted by atomic mass is 10.1. The fraction of sp³-hybridized carbons (Fsp3) is 0.333. The van der Waals surface area contributed by atoms with Gasteiger partial charge in [0.25, 0.3) is 0 Å². The third-order valence-corrected chi connectivity index (χ3v) is 2.91. The molecule has 16 heavy (non-hydrogen) atoms. The van der Waals surface area contributed by atoms with Crippen molar-refractivity contribution in [2.75, 3.05) is 11.4 Å². The van der Waals surface area contributed by atoms with E-state index in [9.17, 15) is 9.59 Å². The van der Waals surface area contributed by atoms with Crippen molar-refractivity contribution in [3.05, 3.63) is 29.8 Å². The largest absolute Gasteiger partial charge is 0.481 e. The lowest BCUT2D eigenvalue weighted by Crippen LogP contribution is -2.30. The van der Waals surface area contributed by atoms with Crippen molar-refractivity contribution < 1.29 is 14.7 Å². The predicted octanol–water partition coefficient (Wildman–Crippen LogP) is 1.43. The van der Waals surface area contributed by atoms with Gasteiger partial charge in [0.15, 0.2) is 0 Å². The highest BCUT2D eigenvalue weighted by Gasteiger charge is 2.37. The molecule has 1 saturated heterocycles. The van der Waals surface area contributed by atoms with E-state index in [-0.39, 0.29) is 5.91 Å². The molecule has 1 N–H and O–H groups in total. The second-order valence-corrected chi connectivity index (χ2v) is 3.96. The number of rotatable bonds is 2. The first-order valence-electron chi connectivity index (χ1n) is 5.21. The minimum absolute atomic E-state index is 0.304. The smallest absolute Gasteiger partial charge is 0.316 e. The molecule has 2 rings (SSSR count). The Kier molecular flexibility index (Phi) is 2.64. The van der Waals surface area contributed by atoms with E-state index in [1.54, 1.807) is 4.90 Å². The molecule has 1 aliphatic heterocycles. The summed E-state index contributed by atoms with van der Waals surface area (Å²) in [6, 6.07) is 7.51. The van der Waals surface area contributed by atoms with Crippen molar-refractivity contribution in [3.8, 4) is 0 Å². The Morgan fingerprint density at radius 3 is 2.69 bits per heavy atom. The highest BCUT2D eigenvalue weighted by atomic mass is 16.4. The maximum Gasteiger partial charge on any atom is 0.316 e. The fourth-order valence-corrected chi connectivity index (χ4v) is 2.01. The first-order valence-corrected chi connectivity index (χ1v) is 5.21. The van der Waals surface area contributed by atoms with Crippen LogP contribution in [0.2, 0.25) is 0 Å². The Bertz CT molecular complexity index is 442. The van der Waals surface area contributed by atoms with E-state index in [1.165, 1.54) is 0 Å². The minimum Gasteiger partial charge on any atom is -0.481 e. The summed E-state index contributed by atoms with van der Waals surface area (Å²) in [6.45, 7) is 2.40. The van der Waals surface area contributed by atoms with Crippen LogP contribution >= 0.6 is 0 Å². The molecule has 0 aromatic heterocycles. The Morgan fingerprint density at radius 1 is 1.44 bits per heavy atom. The molecule has 1 heterocycles. The monoisotopic (exact) mass is 219 g/mol. The second-order valence-electron chi connectivity index (χ2n) is 3.96. The molecule has 0 aliphatic carbocycles. The molecule has 0 radical (unpaired) electrons. The van der Waals surface area contributed by atoms with E-state index in [0.29, 0.717) is 13.0 Å². The number of aliphatic carboxylic acids is 1. The van der Waals surface area contributed by atoms with Crippen LogP contribution in [0.25, 0.3) is 0 Å². The molecular formula is C12H13NO3. The first-order chi connectivity index (χ1) is 7.61. The van der Waals surface area contributed by atoms with Gasteiger partial charge in [-0.1, -0.05) is 18.2 Å². The predicted molar refractivity (Wildman–Crippen MR) is 59.3 cm³/mol. The van der Waals surface area contributed by atoms with Crippen LogP contribution in [0.3, 0.4) is 0 Å². The minimum atomic E-state index is -1.03. The number of benzene rings is 1. The summed E-state index contributed by atoms with van der Waals surface area (Å²) in [4.78, 5) is 24.2. The van der Waals surface area contributed by atoms with Crippen LogP contribution in [0, 0.1) is 12.8 Å². The van der Waals surface area contributed by atoms with E-state index in [4.69, 9.17) is 5.11 Å². The van der Waals surface area contributed by atoms with Gasteiger partial charge >= 0.3 is 5.97 Å². The van der Waals surface area contributed by atoms with Gasteiger partial charge in [-0.2, -0.15) is 0 Å². The van der Waals surface area contributed by atoms with Crippen LogP contribution in [0.5, 0.6) is 0 Å². The van der Waals surface area contributed by atoms with E-state index in [1.807, 2.05) is 31.2 Å². The molecule has 1 amide bonds. The Hall–Kier alpha value is -1.84. The summed E-state index contributed by atoms with van der Waals surface area (Å²) >= 11 is 0. The zero-order valence-corrected chi connectivity index (χ0v) is 9.01. The van der Waals surface area contributed by atoms with Crippen LogP contribution in [-0.2, 0) is 9.59 Å². The van der Waals surface area contributed by atoms with Crippen molar-refractivity contribution in [3.63, 3.8) is 0 Å². The maximum absolute atomic E-state index is 11.8. The third-order valence-electron chi connectivity index (χ3n) is 2.91. The van der Waals surface area contributed by atoms with Crippen molar-refractivity contribution in [2.45, 2.75) is 13.3 Å². The number of carbonyl (C=O) groups is 2. The summed E-state index contributed by atoms with van der Waals surface area (Å²) in [6.07, 6.45) is 0.391. The highest BCUT2D eigenvalue weighted by molar-refractivity contribution is 6.07. The quantitative estimate of drug-likeness (QED) is 0.765. The molecule has 1 atom stereocenters. The topological polar surface area (TPSA) is 57.6 Å². The number of hydrogen-bond donors (Lipinski definition) is 1. The number of hydrogen-bond acceptors (Lipinski definition) is 2. The summed E-state index contributed by atoms with van der Waals surface area (Å²) < 4.78 is 0. The number of carboxylic acid groups (broad SMARTS) is 1. The number of anilines is 1. The molecule has 0 spiro atoms. The van der Waals surface area contributed by atoms with Gasteiger partial charge in [0.05, 0.1) is 0 Å². The van der Waals surface area contributed by atoms with Gasteiger partial charge in [-0.15, -0.1) is 0 Å². The number of carboxylic acids is 1. The van der Waals surface area contributed by atoms with Crippen LogP contribution < -0.4 is 4.90 Å². The average Bonchev–Trinajstić information content (AvgIpc) is 2.61. The molecule has 4 nitrogen and oxygen atoms in total. The maximum atomic E-state index is 11.8. The van der Waals surface area contributed by atoms with Gasteiger partial charge in [0, 0.05) is 12.2 Å². The molecule has 1 fully saturated rings. The molecule has 1 aromatic carbocycles. The van der Waals surface area contributed by atoms with Crippen molar-refractivity contribution >= 4 is 17.6 Å². The van der Waals surface area contributed by atoms with Gasteiger partial charge in [-0.3, -0.25) is 9.59 Å². The van der Waals surface area contributed by atoms with Gasteiger partial charge in [0.2, 0.25) is 5.91 Å². The summed E-state index contributed by atoms with van der Waals surface area (Å²) in [5, 5.41) is 8.87. The van der Waals surface area contributed by atoms with Gasteiger partial charge in [0.1, 0.15) is 5.92 Å². The first kappa shape index (κ1) is 10.7. The molecule has 1 aliphatic rings. The van der Waals surface area contributed by atoms with Crippen LogP contribution in [-0.4, -0.2) is 23.5 Å². The van der Waals surface area contributed by atoms with Crippen LogP contribution in [0.4, 0.5) is 5.69 Å². The highest BCUT2D eigenvalue weighted by Crippen LogP contribution is 2.27. The number of aryl methyl sites for hydroxylation is 1. The Morgan fingerprint density at radius 2 is 2.12 bits per heavy atom.